The maximum Gasteiger partial charge on any atom is 0.321 e. The van der Waals surface area contributed by atoms with E-state index < -0.39 is 10.0 Å². The highest BCUT2D eigenvalue weighted by molar-refractivity contribution is 9.10. The van der Waals surface area contributed by atoms with Gasteiger partial charge in [-0.1, -0.05) is 13.3 Å². The van der Waals surface area contributed by atoms with E-state index in [0.29, 0.717) is 28.1 Å². The molecule has 0 atom stereocenters. The van der Waals surface area contributed by atoms with Crippen molar-refractivity contribution in [3.8, 4) is 17.6 Å². The second-order valence-corrected chi connectivity index (χ2v) is 9.75. The van der Waals surface area contributed by atoms with Crippen LogP contribution in [0.15, 0.2) is 57.9 Å². The minimum absolute atomic E-state index is 0.0150. The van der Waals surface area contributed by atoms with Gasteiger partial charge in [0.1, 0.15) is 5.75 Å². The van der Waals surface area contributed by atoms with Crippen LogP contribution < -0.4 is 24.2 Å². The molecule has 2 N–H and O–H groups in total. The summed E-state index contributed by atoms with van der Waals surface area (Å²) >= 11 is 3.43. The number of nitrogens with one attached hydrogen (secondary N) is 2. The molecule has 0 radical (unpaired) electrons. The van der Waals surface area contributed by atoms with E-state index in [1.165, 1.54) is 44.6 Å². The molecule has 0 fully saturated rings. The highest BCUT2D eigenvalue weighted by Crippen LogP contribution is 2.27. The Kier molecular flexibility index (Phi) is 8.88. The number of aromatic nitrogens is 2. The lowest BCUT2D eigenvalue weighted by atomic mass is 10.2. The SMILES string of the molecule is CCCCOc1ccc(C(=O)Nc2ccc(S(=O)(=O)Nc3cc(OC)nc(OC)n3)cc2)cc1Br. The third-order valence-electron chi connectivity index (χ3n) is 4.68. The molecule has 1 aromatic heterocycles. The van der Waals surface area contributed by atoms with Crippen molar-refractivity contribution in [3.63, 3.8) is 0 Å². The largest absolute Gasteiger partial charge is 0.492 e. The van der Waals surface area contributed by atoms with Crippen LogP contribution in [0.3, 0.4) is 0 Å². The molecular formula is C23H25BrN4O6S. The van der Waals surface area contributed by atoms with Crippen LogP contribution in [0, 0.1) is 0 Å². The van der Waals surface area contributed by atoms with E-state index >= 15 is 0 Å². The molecule has 3 aromatic rings. The zero-order chi connectivity index (χ0) is 25.4. The van der Waals surface area contributed by atoms with Gasteiger partial charge in [0.05, 0.1) is 30.2 Å². The number of anilines is 2. The number of benzene rings is 2. The predicted molar refractivity (Wildman–Crippen MR) is 135 cm³/mol. The van der Waals surface area contributed by atoms with E-state index in [4.69, 9.17) is 14.2 Å². The van der Waals surface area contributed by atoms with Crippen molar-refractivity contribution in [2.75, 3.05) is 30.9 Å². The van der Waals surface area contributed by atoms with Crippen LogP contribution in [0.25, 0.3) is 0 Å². The first-order valence-electron chi connectivity index (χ1n) is 10.6. The lowest BCUT2D eigenvalue weighted by Gasteiger charge is -2.11. The summed E-state index contributed by atoms with van der Waals surface area (Å²) < 4.78 is 44.2. The first kappa shape index (κ1) is 26.2. The first-order valence-corrected chi connectivity index (χ1v) is 12.9. The number of carbonyl (C=O) groups excluding carboxylic acids is 1. The average Bonchev–Trinajstić information content (AvgIpc) is 2.84. The minimum atomic E-state index is -3.97. The lowest BCUT2D eigenvalue weighted by Crippen LogP contribution is -2.15. The Morgan fingerprint density at radius 3 is 2.40 bits per heavy atom. The van der Waals surface area contributed by atoms with E-state index in [-0.39, 0.29) is 28.5 Å². The fourth-order valence-electron chi connectivity index (χ4n) is 2.85. The maximum atomic E-state index is 12.8. The maximum absolute atomic E-state index is 12.8. The van der Waals surface area contributed by atoms with Gasteiger partial charge in [-0.05, 0) is 64.8 Å². The van der Waals surface area contributed by atoms with Gasteiger partial charge in [0.15, 0.2) is 5.82 Å². The molecule has 0 bridgehead atoms. The van der Waals surface area contributed by atoms with Crippen molar-refractivity contribution in [2.45, 2.75) is 24.7 Å². The first-order chi connectivity index (χ1) is 16.7. The quantitative estimate of drug-likeness (QED) is 0.326. The lowest BCUT2D eigenvalue weighted by molar-refractivity contribution is 0.102. The molecule has 0 unspecified atom stereocenters. The molecule has 0 aliphatic heterocycles. The fraction of sp³-hybridized carbons (Fsp3) is 0.261. The summed E-state index contributed by atoms with van der Waals surface area (Å²) in [6.07, 6.45) is 1.97. The molecule has 3 rings (SSSR count). The Morgan fingerprint density at radius 2 is 1.77 bits per heavy atom. The number of nitrogens with zero attached hydrogens (tertiary/aromatic N) is 2. The van der Waals surface area contributed by atoms with Crippen molar-refractivity contribution in [1.29, 1.82) is 0 Å². The molecule has 2 aromatic carbocycles. The van der Waals surface area contributed by atoms with Crippen LogP contribution >= 0.6 is 15.9 Å². The summed E-state index contributed by atoms with van der Waals surface area (Å²) in [5.41, 5.74) is 0.850. The number of unbranched alkanes of at least 4 members (excludes halogenated alkanes) is 1. The van der Waals surface area contributed by atoms with Crippen LogP contribution in [0.2, 0.25) is 0 Å². The Labute approximate surface area is 212 Å². The number of rotatable bonds is 11. The van der Waals surface area contributed by atoms with Gasteiger partial charge >= 0.3 is 6.01 Å². The smallest absolute Gasteiger partial charge is 0.321 e. The minimum Gasteiger partial charge on any atom is -0.492 e. The molecular weight excluding hydrogens is 540 g/mol. The van der Waals surface area contributed by atoms with Crippen molar-refractivity contribution >= 4 is 43.4 Å². The van der Waals surface area contributed by atoms with Gasteiger partial charge in [0, 0.05) is 17.3 Å². The van der Waals surface area contributed by atoms with Gasteiger partial charge in [0.25, 0.3) is 15.9 Å². The zero-order valence-corrected chi connectivity index (χ0v) is 21.8. The fourth-order valence-corrected chi connectivity index (χ4v) is 4.34. The summed E-state index contributed by atoms with van der Waals surface area (Å²) in [5, 5.41) is 2.75. The molecule has 10 nitrogen and oxygen atoms in total. The standard InChI is InChI=1S/C23H25BrN4O6S/c1-4-5-12-34-19-11-6-15(13-18(19)24)22(29)25-16-7-9-17(10-8-16)35(30,31)28-20-14-21(32-2)27-23(26-20)33-3/h6-11,13-14H,4-5,12H2,1-3H3,(H,25,29)(H,26,27,28). The highest BCUT2D eigenvalue weighted by Gasteiger charge is 2.17. The summed E-state index contributed by atoms with van der Waals surface area (Å²) in [6, 6.07) is 12.1. The third-order valence-corrected chi connectivity index (χ3v) is 6.68. The van der Waals surface area contributed by atoms with Crippen LogP contribution in [-0.4, -0.2) is 45.1 Å². The van der Waals surface area contributed by atoms with Crippen molar-refractivity contribution < 1.29 is 27.4 Å². The molecule has 0 saturated heterocycles. The summed E-state index contributed by atoms with van der Waals surface area (Å²) in [4.78, 5) is 20.5. The Morgan fingerprint density at radius 1 is 1.03 bits per heavy atom. The Hall–Kier alpha value is -3.38. The van der Waals surface area contributed by atoms with Crippen LogP contribution in [0.4, 0.5) is 11.5 Å². The van der Waals surface area contributed by atoms with Crippen LogP contribution in [0.5, 0.6) is 17.6 Å². The number of hydrogen-bond acceptors (Lipinski definition) is 8. The molecule has 1 amide bonds. The van der Waals surface area contributed by atoms with Crippen LogP contribution in [0.1, 0.15) is 30.1 Å². The number of halogens is 1. The van der Waals surface area contributed by atoms with Gasteiger partial charge in [-0.15, -0.1) is 0 Å². The third kappa shape index (κ3) is 7.06. The molecule has 0 aliphatic carbocycles. The van der Waals surface area contributed by atoms with Crippen molar-refractivity contribution in [3.05, 3.63) is 58.6 Å². The normalized spacial score (nSPS) is 11.0. The van der Waals surface area contributed by atoms with Gasteiger partial charge in [0.2, 0.25) is 5.88 Å². The molecule has 0 spiro atoms. The number of ether oxygens (including phenoxy) is 3. The predicted octanol–water partition coefficient (Wildman–Crippen LogP) is 4.49. The number of carbonyl (C=O) groups is 1. The van der Waals surface area contributed by atoms with E-state index in [0.717, 1.165) is 12.8 Å². The van der Waals surface area contributed by atoms with Crippen LogP contribution in [-0.2, 0) is 10.0 Å². The molecule has 186 valence electrons. The molecule has 1 heterocycles. The number of methoxy groups -OCH3 is 2. The summed E-state index contributed by atoms with van der Waals surface area (Å²) in [5.74, 6) is 0.439. The van der Waals surface area contributed by atoms with Gasteiger partial charge in [-0.2, -0.15) is 9.97 Å². The van der Waals surface area contributed by atoms with Gasteiger partial charge < -0.3 is 19.5 Å². The van der Waals surface area contributed by atoms with E-state index in [9.17, 15) is 13.2 Å². The number of hydrogen-bond donors (Lipinski definition) is 2. The van der Waals surface area contributed by atoms with Crippen molar-refractivity contribution in [2.24, 2.45) is 0 Å². The zero-order valence-electron chi connectivity index (χ0n) is 19.4. The Balaban J connectivity index is 1.68. The average molecular weight is 565 g/mol. The second-order valence-electron chi connectivity index (χ2n) is 7.21. The summed E-state index contributed by atoms with van der Waals surface area (Å²) in [6.45, 7) is 2.68. The molecule has 0 saturated carbocycles. The molecule has 12 heteroatoms. The van der Waals surface area contributed by atoms with Crippen molar-refractivity contribution in [1.82, 2.24) is 9.97 Å². The topological polar surface area (TPSA) is 129 Å². The molecule has 0 aliphatic rings. The number of amides is 1. The summed E-state index contributed by atoms with van der Waals surface area (Å²) in [7, 11) is -1.22. The van der Waals surface area contributed by atoms with Gasteiger partial charge in [-0.25, -0.2) is 8.42 Å². The van der Waals surface area contributed by atoms with Gasteiger partial charge in [-0.3, -0.25) is 9.52 Å². The second kappa shape index (κ2) is 11.8. The monoisotopic (exact) mass is 564 g/mol. The highest BCUT2D eigenvalue weighted by atomic mass is 79.9. The van der Waals surface area contributed by atoms with E-state index in [1.807, 2.05) is 0 Å². The Bertz CT molecular complexity index is 1260. The number of sulfonamides is 1. The van der Waals surface area contributed by atoms with E-state index in [1.54, 1.807) is 18.2 Å². The molecule has 35 heavy (non-hydrogen) atoms. The van der Waals surface area contributed by atoms with E-state index in [2.05, 4.69) is 42.9 Å².